The Kier molecular flexibility index (Phi) is 4.70. The Hall–Kier alpha value is -0.790. The van der Waals surface area contributed by atoms with E-state index in [9.17, 15) is 8.42 Å². The molecule has 100 valence electrons. The van der Waals surface area contributed by atoms with Crippen LogP contribution in [-0.4, -0.2) is 8.42 Å². The molecule has 0 aliphatic rings. The predicted octanol–water partition coefficient (Wildman–Crippen LogP) is 3.89. The van der Waals surface area contributed by atoms with Crippen molar-refractivity contribution < 1.29 is 8.42 Å². The SMILES string of the molecule is O=S(=O)(Cc1ccccc1)Nc1ccc(Cl)cc1I. The molecule has 0 atom stereocenters. The van der Waals surface area contributed by atoms with Crippen molar-refractivity contribution in [2.24, 2.45) is 0 Å². The summed E-state index contributed by atoms with van der Waals surface area (Å²) in [5, 5.41) is 0.579. The maximum Gasteiger partial charge on any atom is 0.236 e. The maximum atomic E-state index is 12.1. The minimum atomic E-state index is -3.42. The number of halogens is 2. The highest BCUT2D eigenvalue weighted by molar-refractivity contribution is 14.1. The molecule has 0 radical (unpaired) electrons. The molecule has 3 nitrogen and oxygen atoms in total. The lowest BCUT2D eigenvalue weighted by Gasteiger charge is -2.10. The smallest absolute Gasteiger partial charge is 0.236 e. The second-order valence-electron chi connectivity index (χ2n) is 3.97. The highest BCUT2D eigenvalue weighted by atomic mass is 127. The van der Waals surface area contributed by atoms with Gasteiger partial charge in [0.1, 0.15) is 0 Å². The monoisotopic (exact) mass is 407 g/mol. The molecule has 2 aromatic rings. The average Bonchev–Trinajstić information content (AvgIpc) is 2.33. The molecule has 0 fully saturated rings. The highest BCUT2D eigenvalue weighted by Crippen LogP contribution is 2.23. The van der Waals surface area contributed by atoms with Crippen LogP contribution in [0.4, 0.5) is 5.69 Å². The lowest BCUT2D eigenvalue weighted by atomic mass is 10.2. The van der Waals surface area contributed by atoms with E-state index in [-0.39, 0.29) is 5.75 Å². The van der Waals surface area contributed by atoms with Gasteiger partial charge >= 0.3 is 0 Å². The van der Waals surface area contributed by atoms with Gasteiger partial charge in [-0.05, 0) is 46.4 Å². The van der Waals surface area contributed by atoms with E-state index in [4.69, 9.17) is 11.6 Å². The fraction of sp³-hybridized carbons (Fsp3) is 0.0769. The van der Waals surface area contributed by atoms with Crippen molar-refractivity contribution in [2.75, 3.05) is 4.72 Å². The van der Waals surface area contributed by atoms with E-state index in [0.717, 1.165) is 9.13 Å². The van der Waals surface area contributed by atoms with Crippen LogP contribution in [0.15, 0.2) is 48.5 Å². The minimum absolute atomic E-state index is 0.0491. The molecule has 0 aliphatic carbocycles. The van der Waals surface area contributed by atoms with Gasteiger partial charge in [0, 0.05) is 8.59 Å². The van der Waals surface area contributed by atoms with Gasteiger partial charge in [0.15, 0.2) is 0 Å². The molecule has 6 heteroatoms. The molecule has 0 aromatic heterocycles. The molecule has 0 amide bonds. The van der Waals surface area contributed by atoms with Crippen LogP contribution in [0.5, 0.6) is 0 Å². The molecule has 0 saturated heterocycles. The van der Waals surface area contributed by atoms with Gasteiger partial charge in [-0.25, -0.2) is 8.42 Å². The molecule has 0 heterocycles. The Balaban J connectivity index is 2.17. The van der Waals surface area contributed by atoms with Crippen molar-refractivity contribution in [2.45, 2.75) is 5.75 Å². The summed E-state index contributed by atoms with van der Waals surface area (Å²) in [5.74, 6) is -0.0491. The number of anilines is 1. The van der Waals surface area contributed by atoms with Crippen LogP contribution in [0.2, 0.25) is 5.02 Å². The topological polar surface area (TPSA) is 46.2 Å². The Morgan fingerprint density at radius 2 is 1.79 bits per heavy atom. The summed E-state index contributed by atoms with van der Waals surface area (Å²) in [4.78, 5) is 0. The van der Waals surface area contributed by atoms with E-state index in [1.165, 1.54) is 0 Å². The summed E-state index contributed by atoms with van der Waals surface area (Å²) in [6, 6.07) is 14.1. The predicted molar refractivity (Wildman–Crippen MR) is 86.9 cm³/mol. The normalized spacial score (nSPS) is 11.3. The molecular formula is C13H11ClINO2S. The number of sulfonamides is 1. The molecule has 1 N–H and O–H groups in total. The molecule has 0 aliphatic heterocycles. The number of rotatable bonds is 4. The molecule has 0 unspecified atom stereocenters. The van der Waals surface area contributed by atoms with Crippen molar-refractivity contribution in [3.8, 4) is 0 Å². The van der Waals surface area contributed by atoms with Crippen molar-refractivity contribution in [3.63, 3.8) is 0 Å². The summed E-state index contributed by atoms with van der Waals surface area (Å²) in [5.41, 5.74) is 1.29. The van der Waals surface area contributed by atoms with Gasteiger partial charge in [-0.2, -0.15) is 0 Å². The highest BCUT2D eigenvalue weighted by Gasteiger charge is 2.13. The fourth-order valence-corrected chi connectivity index (χ4v) is 3.98. The van der Waals surface area contributed by atoms with Crippen molar-refractivity contribution in [1.29, 1.82) is 0 Å². The minimum Gasteiger partial charge on any atom is -0.282 e. The van der Waals surface area contributed by atoms with Gasteiger partial charge in [0.25, 0.3) is 0 Å². The van der Waals surface area contributed by atoms with Crippen LogP contribution < -0.4 is 4.72 Å². The number of benzene rings is 2. The first-order valence-corrected chi connectivity index (χ1v) is 8.57. The molecule has 0 spiro atoms. The summed E-state index contributed by atoms with van der Waals surface area (Å²) >= 11 is 7.88. The molecule has 2 aromatic carbocycles. The van der Waals surface area contributed by atoms with Gasteiger partial charge in [-0.15, -0.1) is 0 Å². The van der Waals surface area contributed by atoms with E-state index in [1.807, 2.05) is 40.8 Å². The molecule has 2 rings (SSSR count). The van der Waals surface area contributed by atoms with Crippen LogP contribution in [0, 0.1) is 3.57 Å². The summed E-state index contributed by atoms with van der Waals surface area (Å²) < 4.78 is 27.5. The van der Waals surface area contributed by atoms with Crippen molar-refractivity contribution >= 4 is 49.9 Å². The summed E-state index contributed by atoms with van der Waals surface area (Å²) in [7, 11) is -3.42. The van der Waals surface area contributed by atoms with E-state index in [1.54, 1.807) is 30.3 Å². The zero-order valence-corrected chi connectivity index (χ0v) is 13.5. The molecular weight excluding hydrogens is 397 g/mol. The number of hydrogen-bond donors (Lipinski definition) is 1. The first kappa shape index (κ1) is 14.6. The van der Waals surface area contributed by atoms with Gasteiger partial charge in [-0.3, -0.25) is 4.72 Å². The van der Waals surface area contributed by atoms with E-state index >= 15 is 0 Å². The molecule has 19 heavy (non-hydrogen) atoms. The van der Waals surface area contributed by atoms with Crippen LogP contribution in [-0.2, 0) is 15.8 Å². The fourth-order valence-electron chi connectivity index (χ4n) is 1.57. The Morgan fingerprint density at radius 3 is 2.42 bits per heavy atom. The standard InChI is InChI=1S/C13H11ClINO2S/c14-11-6-7-13(12(15)8-11)16-19(17,18)9-10-4-2-1-3-5-10/h1-8,16H,9H2. The van der Waals surface area contributed by atoms with E-state index in [2.05, 4.69) is 4.72 Å². The lowest BCUT2D eigenvalue weighted by molar-refractivity contribution is 0.600. The van der Waals surface area contributed by atoms with Crippen LogP contribution >= 0.6 is 34.2 Å². The Morgan fingerprint density at radius 1 is 1.11 bits per heavy atom. The zero-order valence-electron chi connectivity index (χ0n) is 9.81. The average molecular weight is 408 g/mol. The third-order valence-corrected chi connectivity index (χ3v) is 4.77. The number of hydrogen-bond acceptors (Lipinski definition) is 2. The van der Waals surface area contributed by atoms with Gasteiger partial charge in [0.2, 0.25) is 10.0 Å². The first-order chi connectivity index (χ1) is 8.96. The first-order valence-electron chi connectivity index (χ1n) is 5.46. The maximum absolute atomic E-state index is 12.1. The second-order valence-corrected chi connectivity index (χ2v) is 7.29. The van der Waals surface area contributed by atoms with Crippen LogP contribution in [0.1, 0.15) is 5.56 Å². The second kappa shape index (κ2) is 6.11. The largest absolute Gasteiger partial charge is 0.282 e. The van der Waals surface area contributed by atoms with E-state index in [0.29, 0.717) is 10.7 Å². The quantitative estimate of drug-likeness (QED) is 0.782. The van der Waals surface area contributed by atoms with Crippen molar-refractivity contribution in [3.05, 3.63) is 62.7 Å². The van der Waals surface area contributed by atoms with Crippen LogP contribution in [0.25, 0.3) is 0 Å². The van der Waals surface area contributed by atoms with Crippen LogP contribution in [0.3, 0.4) is 0 Å². The Bertz CT molecular complexity index is 674. The van der Waals surface area contributed by atoms with Gasteiger partial charge < -0.3 is 0 Å². The zero-order chi connectivity index (χ0) is 13.9. The summed E-state index contributed by atoms with van der Waals surface area (Å²) in [6.45, 7) is 0. The summed E-state index contributed by atoms with van der Waals surface area (Å²) in [6.07, 6.45) is 0. The lowest BCUT2D eigenvalue weighted by Crippen LogP contribution is -2.15. The molecule has 0 bridgehead atoms. The van der Waals surface area contributed by atoms with Crippen molar-refractivity contribution in [1.82, 2.24) is 0 Å². The third kappa shape index (κ3) is 4.36. The molecule has 0 saturated carbocycles. The Labute approximate surface area is 131 Å². The van der Waals surface area contributed by atoms with Gasteiger partial charge in [0.05, 0.1) is 11.4 Å². The third-order valence-electron chi connectivity index (χ3n) is 2.40. The number of nitrogens with one attached hydrogen (secondary N) is 1. The van der Waals surface area contributed by atoms with Gasteiger partial charge in [-0.1, -0.05) is 41.9 Å². The van der Waals surface area contributed by atoms with E-state index < -0.39 is 10.0 Å².